The molecule has 0 bridgehead atoms. The molecule has 1 aliphatic rings. The predicted molar refractivity (Wildman–Crippen MR) is 135 cm³/mol. The number of rotatable bonds is 14. The first-order valence-electron chi connectivity index (χ1n) is 12.4. The predicted octanol–water partition coefficient (Wildman–Crippen LogP) is 6.42. The summed E-state index contributed by atoms with van der Waals surface area (Å²) in [7, 11) is 1.70. The molecule has 0 spiro atoms. The average Bonchev–Trinajstić information content (AvgIpc) is 3.30. The Morgan fingerprint density at radius 2 is 1.59 bits per heavy atom. The summed E-state index contributed by atoms with van der Waals surface area (Å²) in [6.45, 7) is 2.08. The van der Waals surface area contributed by atoms with E-state index in [1.54, 1.807) is 7.11 Å². The number of carboxylic acid groups (broad SMARTS) is 1. The molecule has 0 fully saturated rings. The minimum absolute atomic E-state index is 0.270. The Hall–Kier alpha value is -2.99. The maximum Gasteiger partial charge on any atom is 0.303 e. The molecule has 34 heavy (non-hydrogen) atoms. The molecule has 1 heterocycles. The number of hydrogen-bond donors (Lipinski definition) is 2. The maximum absolute atomic E-state index is 10.5. The second kappa shape index (κ2) is 11.9. The van der Waals surface area contributed by atoms with Crippen LogP contribution in [0.2, 0.25) is 0 Å². The van der Waals surface area contributed by atoms with E-state index < -0.39 is 5.97 Å². The van der Waals surface area contributed by atoms with E-state index >= 15 is 0 Å². The number of carbonyl (C=O) groups is 1. The fourth-order valence-corrected chi connectivity index (χ4v) is 4.69. The molecule has 0 saturated heterocycles. The van der Waals surface area contributed by atoms with Crippen LogP contribution in [0.1, 0.15) is 63.4 Å². The Morgan fingerprint density at radius 3 is 2.32 bits per heavy atom. The second-order valence-corrected chi connectivity index (χ2v) is 9.02. The van der Waals surface area contributed by atoms with Crippen LogP contribution in [0.4, 0.5) is 0 Å². The lowest BCUT2D eigenvalue weighted by molar-refractivity contribution is -0.137. The van der Waals surface area contributed by atoms with E-state index in [2.05, 4.69) is 35.6 Å². The smallest absolute Gasteiger partial charge is 0.303 e. The summed E-state index contributed by atoms with van der Waals surface area (Å²) in [6, 6.07) is 12.7. The minimum atomic E-state index is -0.684. The molecule has 0 unspecified atom stereocenters. The Bertz CT molecular complexity index is 1130. The molecular formula is C28H35NO5. The molecule has 0 radical (unpaired) electrons. The van der Waals surface area contributed by atoms with Crippen LogP contribution in [0.25, 0.3) is 21.5 Å². The lowest BCUT2D eigenvalue weighted by atomic mass is 9.96. The number of unbranched alkanes of at least 4 members (excludes halogenated alkanes) is 7. The molecular weight excluding hydrogens is 430 g/mol. The van der Waals surface area contributed by atoms with Gasteiger partial charge in [-0.05, 0) is 76.8 Å². The first kappa shape index (κ1) is 24.1. The number of nitrogens with one attached hydrogen (secondary N) is 1. The Labute approximate surface area is 201 Å². The van der Waals surface area contributed by atoms with Crippen LogP contribution in [-0.4, -0.2) is 31.5 Å². The third-order valence-electron chi connectivity index (χ3n) is 6.55. The Morgan fingerprint density at radius 1 is 0.882 bits per heavy atom. The number of aliphatic carboxylic acids is 1. The van der Waals surface area contributed by atoms with E-state index in [0.717, 1.165) is 72.2 Å². The van der Waals surface area contributed by atoms with Crippen molar-refractivity contribution in [2.75, 3.05) is 20.4 Å². The van der Waals surface area contributed by atoms with Crippen LogP contribution in [0.5, 0.6) is 17.2 Å². The fraction of sp³-hybridized carbons (Fsp3) is 0.464. The summed E-state index contributed by atoms with van der Waals surface area (Å²) in [6.07, 6.45) is 9.35. The van der Waals surface area contributed by atoms with Gasteiger partial charge in [-0.2, -0.15) is 0 Å². The molecule has 0 saturated carbocycles. The first-order chi connectivity index (χ1) is 16.7. The Kier molecular flexibility index (Phi) is 8.47. The highest BCUT2D eigenvalue weighted by Gasteiger charge is 2.17. The summed E-state index contributed by atoms with van der Waals surface area (Å²) >= 11 is 0. The standard InChI is InChI=1S/C28H35NO5/c1-32-22-11-12-23-21(18-29-13-9-7-5-3-2-4-6-8-10-28(30)31)14-20-15-26-27(34-19-33-26)17-24(20)25(23)16-22/h11-12,14-17,29H,2-10,13,18-19H2,1H3,(H,30,31). The van der Waals surface area contributed by atoms with Crippen molar-refractivity contribution in [2.24, 2.45) is 0 Å². The number of benzene rings is 3. The van der Waals surface area contributed by atoms with Crippen LogP contribution in [0, 0.1) is 0 Å². The summed E-state index contributed by atoms with van der Waals surface area (Å²) in [5.74, 6) is 1.76. The number of fused-ring (bicyclic) bond motifs is 4. The highest BCUT2D eigenvalue weighted by molar-refractivity contribution is 6.10. The van der Waals surface area contributed by atoms with Gasteiger partial charge >= 0.3 is 5.97 Å². The third-order valence-corrected chi connectivity index (χ3v) is 6.55. The van der Waals surface area contributed by atoms with Gasteiger partial charge in [0.15, 0.2) is 11.5 Å². The summed E-state index contributed by atoms with van der Waals surface area (Å²) < 4.78 is 16.7. The van der Waals surface area contributed by atoms with Gasteiger partial charge < -0.3 is 24.6 Å². The van der Waals surface area contributed by atoms with E-state index in [-0.39, 0.29) is 6.79 Å². The zero-order chi connectivity index (χ0) is 23.8. The van der Waals surface area contributed by atoms with E-state index in [0.29, 0.717) is 6.42 Å². The molecule has 4 rings (SSSR count). The molecule has 0 amide bonds. The minimum Gasteiger partial charge on any atom is -0.497 e. The van der Waals surface area contributed by atoms with Gasteiger partial charge in [-0.1, -0.05) is 44.6 Å². The molecule has 6 nitrogen and oxygen atoms in total. The molecule has 182 valence electrons. The van der Waals surface area contributed by atoms with Gasteiger partial charge in [0.1, 0.15) is 5.75 Å². The number of methoxy groups -OCH3 is 1. The van der Waals surface area contributed by atoms with E-state index in [1.165, 1.54) is 36.6 Å². The zero-order valence-corrected chi connectivity index (χ0v) is 20.0. The van der Waals surface area contributed by atoms with Crippen LogP contribution in [0.3, 0.4) is 0 Å². The lowest BCUT2D eigenvalue weighted by Crippen LogP contribution is -2.15. The average molecular weight is 466 g/mol. The number of carboxylic acids is 1. The third kappa shape index (κ3) is 6.11. The van der Waals surface area contributed by atoms with Gasteiger partial charge in [-0.25, -0.2) is 0 Å². The number of ether oxygens (including phenoxy) is 3. The summed E-state index contributed by atoms with van der Waals surface area (Å²) in [4.78, 5) is 10.5. The van der Waals surface area contributed by atoms with Gasteiger partial charge in [-0.15, -0.1) is 0 Å². The van der Waals surface area contributed by atoms with Crippen LogP contribution < -0.4 is 19.5 Å². The normalized spacial score (nSPS) is 12.5. The quantitative estimate of drug-likeness (QED) is 0.211. The van der Waals surface area contributed by atoms with Crippen LogP contribution in [0.15, 0.2) is 36.4 Å². The van der Waals surface area contributed by atoms with Gasteiger partial charge in [0.2, 0.25) is 6.79 Å². The van der Waals surface area contributed by atoms with Gasteiger partial charge in [-0.3, -0.25) is 4.79 Å². The van der Waals surface area contributed by atoms with Crippen molar-refractivity contribution < 1.29 is 24.1 Å². The highest BCUT2D eigenvalue weighted by Crippen LogP contribution is 2.40. The van der Waals surface area contributed by atoms with Gasteiger partial charge in [0.25, 0.3) is 0 Å². The van der Waals surface area contributed by atoms with Crippen molar-refractivity contribution >= 4 is 27.5 Å². The largest absolute Gasteiger partial charge is 0.497 e. The van der Waals surface area contributed by atoms with Crippen molar-refractivity contribution in [2.45, 2.75) is 64.3 Å². The monoisotopic (exact) mass is 465 g/mol. The summed E-state index contributed by atoms with van der Waals surface area (Å²) in [5, 5.41) is 17.0. The fourth-order valence-electron chi connectivity index (χ4n) is 4.69. The van der Waals surface area contributed by atoms with Gasteiger partial charge in [0, 0.05) is 13.0 Å². The van der Waals surface area contributed by atoms with Crippen molar-refractivity contribution in [3.8, 4) is 17.2 Å². The highest BCUT2D eigenvalue weighted by atomic mass is 16.7. The molecule has 1 aliphatic heterocycles. The molecule has 0 atom stereocenters. The molecule has 3 aromatic rings. The van der Waals surface area contributed by atoms with Crippen LogP contribution in [-0.2, 0) is 11.3 Å². The maximum atomic E-state index is 10.5. The van der Waals surface area contributed by atoms with E-state index in [9.17, 15) is 4.79 Å². The van der Waals surface area contributed by atoms with Crippen molar-refractivity contribution in [1.29, 1.82) is 0 Å². The van der Waals surface area contributed by atoms with E-state index in [4.69, 9.17) is 19.3 Å². The zero-order valence-electron chi connectivity index (χ0n) is 20.0. The Balaban J connectivity index is 1.29. The van der Waals surface area contributed by atoms with E-state index in [1.807, 2.05) is 6.07 Å². The molecule has 6 heteroatoms. The molecule has 3 aromatic carbocycles. The van der Waals surface area contributed by atoms with Crippen molar-refractivity contribution in [3.63, 3.8) is 0 Å². The van der Waals surface area contributed by atoms with Gasteiger partial charge in [0.05, 0.1) is 7.11 Å². The molecule has 0 aliphatic carbocycles. The summed E-state index contributed by atoms with van der Waals surface area (Å²) in [5.41, 5.74) is 1.27. The second-order valence-electron chi connectivity index (χ2n) is 9.02. The topological polar surface area (TPSA) is 77.0 Å². The SMILES string of the molecule is COc1ccc2c(CNCCCCCCCCCCC(=O)O)cc3cc4c(cc3c2c1)OCO4. The van der Waals surface area contributed by atoms with Crippen LogP contribution >= 0.6 is 0 Å². The molecule has 0 aromatic heterocycles. The lowest BCUT2D eigenvalue weighted by Gasteiger charge is -2.13. The number of hydrogen-bond acceptors (Lipinski definition) is 5. The first-order valence-corrected chi connectivity index (χ1v) is 12.4. The van der Waals surface area contributed by atoms with Crippen molar-refractivity contribution in [3.05, 3.63) is 42.0 Å². The molecule has 2 N–H and O–H groups in total. The van der Waals surface area contributed by atoms with Crippen molar-refractivity contribution in [1.82, 2.24) is 5.32 Å².